The molecule has 0 spiro atoms. The van der Waals surface area contributed by atoms with Crippen LogP contribution in [0.1, 0.15) is 5.56 Å². The highest BCUT2D eigenvalue weighted by Crippen LogP contribution is 2.47. The summed E-state index contributed by atoms with van der Waals surface area (Å²) in [7, 11) is 0. The van der Waals surface area contributed by atoms with Crippen molar-refractivity contribution in [3.8, 4) is 0 Å². The molecule has 2 atom stereocenters. The van der Waals surface area contributed by atoms with E-state index in [9.17, 15) is 18.0 Å². The Labute approximate surface area is 124 Å². The summed E-state index contributed by atoms with van der Waals surface area (Å²) < 4.78 is 39.9. The number of thioether (sulfide) groups is 1. The Morgan fingerprint density at radius 1 is 1.43 bits per heavy atom. The Morgan fingerprint density at radius 3 is 2.52 bits per heavy atom. The van der Waals surface area contributed by atoms with E-state index in [0.29, 0.717) is 0 Å². The summed E-state index contributed by atoms with van der Waals surface area (Å²) in [6, 6.07) is 7.18. The number of carboxylic acid groups (broad SMARTS) is 1. The zero-order chi connectivity index (χ0) is 15.7. The van der Waals surface area contributed by atoms with Gasteiger partial charge in [-0.05, 0) is 36.9 Å². The van der Waals surface area contributed by atoms with Crippen LogP contribution < -0.4 is 5.32 Å². The molecule has 0 saturated carbocycles. The molecule has 2 rings (SSSR count). The monoisotopic (exact) mass is 319 g/mol. The van der Waals surface area contributed by atoms with Gasteiger partial charge in [-0.25, -0.2) is 0 Å². The molecule has 2 N–H and O–H groups in total. The van der Waals surface area contributed by atoms with Crippen molar-refractivity contribution in [1.29, 1.82) is 0 Å². The average molecular weight is 319 g/mol. The van der Waals surface area contributed by atoms with Gasteiger partial charge in [0.05, 0.1) is 0 Å². The van der Waals surface area contributed by atoms with Crippen LogP contribution in [0.3, 0.4) is 0 Å². The van der Waals surface area contributed by atoms with Gasteiger partial charge in [0.15, 0.2) is 5.41 Å². The Hall–Kier alpha value is -1.21. The Morgan fingerprint density at radius 2 is 2.05 bits per heavy atom. The third kappa shape index (κ3) is 2.89. The molecule has 1 saturated heterocycles. The van der Waals surface area contributed by atoms with Crippen molar-refractivity contribution in [2.75, 3.05) is 19.3 Å². The molecule has 0 amide bonds. The zero-order valence-corrected chi connectivity index (χ0v) is 12.2. The Balaban J connectivity index is 2.26. The summed E-state index contributed by atoms with van der Waals surface area (Å²) in [5.41, 5.74) is -1.98. The second-order valence-corrected chi connectivity index (χ2v) is 6.03. The molecule has 21 heavy (non-hydrogen) atoms. The maximum absolute atomic E-state index is 13.3. The van der Waals surface area contributed by atoms with E-state index >= 15 is 0 Å². The fourth-order valence-corrected chi connectivity index (χ4v) is 3.17. The van der Waals surface area contributed by atoms with Crippen LogP contribution in [0.2, 0.25) is 0 Å². The van der Waals surface area contributed by atoms with Crippen LogP contribution in [-0.4, -0.2) is 36.6 Å². The number of carboxylic acids is 1. The predicted molar refractivity (Wildman–Crippen MR) is 74.4 cm³/mol. The second-order valence-electron chi connectivity index (χ2n) is 5.15. The molecule has 7 heteroatoms. The van der Waals surface area contributed by atoms with Crippen LogP contribution in [0, 0.1) is 11.3 Å². The number of nitrogens with one attached hydrogen (secondary N) is 1. The average Bonchev–Trinajstić information content (AvgIpc) is 2.84. The molecular weight excluding hydrogens is 303 g/mol. The number of alkyl halides is 3. The summed E-state index contributed by atoms with van der Waals surface area (Å²) in [5, 5.41) is 11.8. The van der Waals surface area contributed by atoms with E-state index in [1.165, 1.54) is 0 Å². The maximum atomic E-state index is 13.3. The number of benzene rings is 1. The number of hydrogen-bond acceptors (Lipinski definition) is 3. The zero-order valence-electron chi connectivity index (χ0n) is 11.4. The molecule has 1 aromatic rings. The van der Waals surface area contributed by atoms with Gasteiger partial charge < -0.3 is 10.4 Å². The van der Waals surface area contributed by atoms with Gasteiger partial charge in [0.2, 0.25) is 0 Å². The van der Waals surface area contributed by atoms with E-state index in [4.69, 9.17) is 5.11 Å². The standard InChI is InChI=1S/C14H16F3NO2S/c1-21-11-4-2-9(3-5-11)6-10-7-18-8-13(10,12(19)20)14(15,16)17/h2-5,10,18H,6-8H2,1H3,(H,19,20)/t10-,13+/m0/s1. The number of aliphatic carboxylic acids is 1. The third-order valence-corrected chi connectivity index (χ3v) is 4.76. The van der Waals surface area contributed by atoms with Crippen molar-refractivity contribution in [3.63, 3.8) is 0 Å². The smallest absolute Gasteiger partial charge is 0.406 e. The lowest BCUT2D eigenvalue weighted by Crippen LogP contribution is -2.51. The minimum atomic E-state index is -4.77. The van der Waals surface area contributed by atoms with Crippen LogP contribution >= 0.6 is 11.8 Å². The summed E-state index contributed by atoms with van der Waals surface area (Å²) >= 11 is 1.54. The maximum Gasteiger partial charge on any atom is 0.406 e. The molecule has 0 unspecified atom stereocenters. The quantitative estimate of drug-likeness (QED) is 0.838. The highest BCUT2D eigenvalue weighted by molar-refractivity contribution is 7.98. The van der Waals surface area contributed by atoms with E-state index in [1.807, 2.05) is 18.4 Å². The van der Waals surface area contributed by atoms with Gasteiger partial charge in [0.25, 0.3) is 0 Å². The Bertz CT molecular complexity index is 518. The normalized spacial score (nSPS) is 26.0. The van der Waals surface area contributed by atoms with E-state index in [-0.39, 0.29) is 13.0 Å². The molecule has 0 radical (unpaired) electrons. The highest BCUT2D eigenvalue weighted by Gasteiger charge is 2.66. The molecular formula is C14H16F3NO2S. The van der Waals surface area contributed by atoms with Gasteiger partial charge >= 0.3 is 12.1 Å². The van der Waals surface area contributed by atoms with E-state index in [0.717, 1.165) is 10.5 Å². The molecule has 0 aromatic heterocycles. The lowest BCUT2D eigenvalue weighted by Gasteiger charge is -2.32. The van der Waals surface area contributed by atoms with Crippen molar-refractivity contribution in [2.45, 2.75) is 17.5 Å². The number of rotatable bonds is 4. The van der Waals surface area contributed by atoms with Gasteiger partial charge in [-0.15, -0.1) is 11.8 Å². The number of carbonyl (C=O) groups is 1. The SMILES string of the molecule is CSc1ccc(C[C@H]2CNC[C@@]2(C(=O)O)C(F)(F)F)cc1. The number of hydrogen-bond donors (Lipinski definition) is 2. The summed E-state index contributed by atoms with van der Waals surface area (Å²) in [6.07, 6.45) is -2.77. The molecule has 1 aliphatic rings. The lowest BCUT2D eigenvalue weighted by molar-refractivity contribution is -0.236. The van der Waals surface area contributed by atoms with Crippen molar-refractivity contribution in [3.05, 3.63) is 29.8 Å². The predicted octanol–water partition coefficient (Wildman–Crippen LogP) is 2.80. The first-order chi connectivity index (χ1) is 9.81. The van der Waals surface area contributed by atoms with E-state index in [2.05, 4.69) is 5.32 Å². The third-order valence-electron chi connectivity index (χ3n) is 4.02. The molecule has 116 valence electrons. The second kappa shape index (κ2) is 5.88. The van der Waals surface area contributed by atoms with Crippen LogP contribution in [0.25, 0.3) is 0 Å². The first-order valence-corrected chi connectivity index (χ1v) is 7.67. The topological polar surface area (TPSA) is 49.3 Å². The lowest BCUT2D eigenvalue weighted by atomic mass is 9.74. The van der Waals surface area contributed by atoms with Crippen LogP contribution in [-0.2, 0) is 11.2 Å². The molecule has 3 nitrogen and oxygen atoms in total. The van der Waals surface area contributed by atoms with Gasteiger partial charge in [-0.2, -0.15) is 13.2 Å². The van der Waals surface area contributed by atoms with Gasteiger partial charge in [-0.1, -0.05) is 12.1 Å². The summed E-state index contributed by atoms with van der Waals surface area (Å²) in [5.74, 6) is -2.80. The van der Waals surface area contributed by atoms with E-state index < -0.39 is 30.0 Å². The molecule has 0 bridgehead atoms. The van der Waals surface area contributed by atoms with Crippen molar-refractivity contribution >= 4 is 17.7 Å². The Kier molecular flexibility index (Phi) is 4.53. The van der Waals surface area contributed by atoms with Crippen molar-refractivity contribution in [1.82, 2.24) is 5.32 Å². The first-order valence-electron chi connectivity index (χ1n) is 6.45. The highest BCUT2D eigenvalue weighted by atomic mass is 32.2. The molecule has 1 aromatic carbocycles. The fourth-order valence-electron chi connectivity index (χ4n) is 2.76. The molecule has 0 aliphatic carbocycles. The van der Waals surface area contributed by atoms with Crippen LogP contribution in [0.15, 0.2) is 29.2 Å². The largest absolute Gasteiger partial charge is 0.481 e. The van der Waals surface area contributed by atoms with Gasteiger partial charge in [-0.3, -0.25) is 4.79 Å². The molecule has 1 aliphatic heterocycles. The van der Waals surface area contributed by atoms with E-state index in [1.54, 1.807) is 23.9 Å². The minimum Gasteiger partial charge on any atom is -0.481 e. The summed E-state index contributed by atoms with van der Waals surface area (Å²) in [4.78, 5) is 12.3. The van der Waals surface area contributed by atoms with Crippen LogP contribution in [0.5, 0.6) is 0 Å². The van der Waals surface area contributed by atoms with Gasteiger partial charge in [0.1, 0.15) is 0 Å². The summed E-state index contributed by atoms with van der Waals surface area (Å²) in [6.45, 7) is -0.518. The molecule has 1 fully saturated rings. The number of halogens is 3. The molecule has 1 heterocycles. The van der Waals surface area contributed by atoms with Crippen molar-refractivity contribution < 1.29 is 23.1 Å². The van der Waals surface area contributed by atoms with Crippen LogP contribution in [0.4, 0.5) is 13.2 Å². The first kappa shape index (κ1) is 16.2. The minimum absolute atomic E-state index is 0.0517. The van der Waals surface area contributed by atoms with Gasteiger partial charge in [0, 0.05) is 17.4 Å². The fraction of sp³-hybridized carbons (Fsp3) is 0.500. The van der Waals surface area contributed by atoms with Crippen molar-refractivity contribution in [2.24, 2.45) is 11.3 Å².